The second kappa shape index (κ2) is 7.98. The molecule has 1 aromatic carbocycles. The molecule has 1 aliphatic heterocycles. The van der Waals surface area contributed by atoms with Crippen molar-refractivity contribution in [3.8, 4) is 0 Å². The lowest BCUT2D eigenvalue weighted by Gasteiger charge is -2.23. The summed E-state index contributed by atoms with van der Waals surface area (Å²) >= 11 is 1.37. The lowest BCUT2D eigenvalue weighted by molar-refractivity contribution is -0.120. The number of anilines is 1. The highest BCUT2D eigenvalue weighted by Crippen LogP contribution is 2.26. The van der Waals surface area contributed by atoms with Crippen LogP contribution in [0.1, 0.15) is 43.0 Å². The number of nitrogens with two attached hydrogens (primary N) is 1. The zero-order chi connectivity index (χ0) is 20.4. The number of nitrogens with one attached hydrogen (secondary N) is 2. The number of aromatic nitrogens is 1. The molecule has 4 N–H and O–H groups in total. The lowest BCUT2D eigenvalue weighted by atomic mass is 9.94. The monoisotopic (exact) mass is 422 g/mol. The van der Waals surface area contributed by atoms with Crippen LogP contribution in [0.15, 0.2) is 35.4 Å². The second-order valence-corrected chi connectivity index (χ2v) is 9.83. The maximum Gasteiger partial charge on any atom is 0.238 e. The second-order valence-electron chi connectivity index (χ2n) is 7.15. The molecular weight excluding hydrogens is 400 g/mol. The number of hydrogen-bond donors (Lipinski definition) is 3. The Labute approximate surface area is 167 Å². The van der Waals surface area contributed by atoms with E-state index in [0.29, 0.717) is 30.8 Å². The van der Waals surface area contributed by atoms with Crippen molar-refractivity contribution in [1.29, 1.82) is 0 Å². The molecule has 1 unspecified atom stereocenters. The van der Waals surface area contributed by atoms with Crippen LogP contribution in [0.3, 0.4) is 0 Å². The van der Waals surface area contributed by atoms with Gasteiger partial charge < -0.3 is 10.6 Å². The molecule has 2 heterocycles. The summed E-state index contributed by atoms with van der Waals surface area (Å²) < 4.78 is 22.6. The summed E-state index contributed by atoms with van der Waals surface area (Å²) in [5.41, 5.74) is 0.602. The number of thiazole rings is 1. The molecule has 2 amide bonds. The van der Waals surface area contributed by atoms with Gasteiger partial charge in [-0.05, 0) is 37.5 Å². The van der Waals surface area contributed by atoms with E-state index in [1.165, 1.54) is 23.5 Å². The molecule has 0 saturated carbocycles. The molecule has 0 aliphatic carbocycles. The molecule has 150 valence electrons. The number of sulfonamides is 1. The van der Waals surface area contributed by atoms with Crippen molar-refractivity contribution >= 4 is 38.3 Å². The number of nitrogens with zero attached hydrogens (tertiary/aromatic N) is 1. The largest absolute Gasteiger partial charge is 0.351 e. The van der Waals surface area contributed by atoms with Crippen LogP contribution in [-0.2, 0) is 26.0 Å². The third kappa shape index (κ3) is 5.37. The van der Waals surface area contributed by atoms with Gasteiger partial charge in [0.2, 0.25) is 21.8 Å². The van der Waals surface area contributed by atoms with Gasteiger partial charge in [0.15, 0.2) is 5.13 Å². The van der Waals surface area contributed by atoms with E-state index in [4.69, 9.17) is 5.14 Å². The zero-order valence-corrected chi connectivity index (χ0v) is 17.0. The summed E-state index contributed by atoms with van der Waals surface area (Å²) in [6.45, 7) is 1.95. The van der Waals surface area contributed by atoms with Crippen LogP contribution in [0.2, 0.25) is 0 Å². The van der Waals surface area contributed by atoms with Crippen molar-refractivity contribution < 1.29 is 18.0 Å². The van der Waals surface area contributed by atoms with Crippen molar-refractivity contribution in [3.05, 3.63) is 40.9 Å². The Kier molecular flexibility index (Phi) is 5.82. The van der Waals surface area contributed by atoms with E-state index < -0.39 is 10.0 Å². The summed E-state index contributed by atoms with van der Waals surface area (Å²) in [4.78, 5) is 28.8. The molecule has 0 radical (unpaired) electrons. The summed E-state index contributed by atoms with van der Waals surface area (Å²) in [5, 5.41) is 11.3. The molecular formula is C18H22N4O4S2. The highest BCUT2D eigenvalue weighted by Gasteiger charge is 2.33. The van der Waals surface area contributed by atoms with Crippen LogP contribution in [0.25, 0.3) is 0 Å². The maximum atomic E-state index is 12.2. The number of hydrogen-bond acceptors (Lipinski definition) is 6. The first-order valence-corrected chi connectivity index (χ1v) is 11.2. The van der Waals surface area contributed by atoms with Crippen molar-refractivity contribution in [2.24, 2.45) is 5.14 Å². The van der Waals surface area contributed by atoms with E-state index in [-0.39, 0.29) is 22.2 Å². The molecule has 1 fully saturated rings. The Morgan fingerprint density at radius 2 is 2.07 bits per heavy atom. The summed E-state index contributed by atoms with van der Waals surface area (Å²) in [6, 6.07) is 6.34. The van der Waals surface area contributed by atoms with E-state index in [2.05, 4.69) is 15.6 Å². The van der Waals surface area contributed by atoms with Crippen molar-refractivity contribution in [2.75, 3.05) is 5.32 Å². The van der Waals surface area contributed by atoms with Crippen LogP contribution in [0.4, 0.5) is 5.13 Å². The SMILES string of the molecule is CC1(CCC(=O)Nc2ncc(Cc3ccc(S(N)(=O)=O)cc3)s2)CCC(=O)N1. The Balaban J connectivity index is 1.52. The van der Waals surface area contributed by atoms with Gasteiger partial charge in [-0.15, -0.1) is 11.3 Å². The fourth-order valence-electron chi connectivity index (χ4n) is 3.05. The van der Waals surface area contributed by atoms with E-state index in [1.807, 2.05) is 6.92 Å². The summed E-state index contributed by atoms with van der Waals surface area (Å²) in [5.74, 6) is -0.106. The first-order chi connectivity index (χ1) is 13.1. The molecule has 10 heteroatoms. The number of primary sulfonamides is 1. The first kappa shape index (κ1) is 20.4. The smallest absolute Gasteiger partial charge is 0.238 e. The summed E-state index contributed by atoms with van der Waals surface area (Å²) in [6.07, 6.45) is 4.39. The molecule has 3 rings (SSSR count). The fraction of sp³-hybridized carbons (Fsp3) is 0.389. The van der Waals surface area contributed by atoms with E-state index in [9.17, 15) is 18.0 Å². The van der Waals surface area contributed by atoms with E-state index in [1.54, 1.807) is 18.3 Å². The summed E-state index contributed by atoms with van der Waals surface area (Å²) in [7, 11) is -3.70. The number of rotatable bonds is 7. The van der Waals surface area contributed by atoms with Gasteiger partial charge in [0.05, 0.1) is 4.90 Å². The Bertz CT molecular complexity index is 985. The van der Waals surface area contributed by atoms with Crippen molar-refractivity contribution in [2.45, 2.75) is 49.5 Å². The van der Waals surface area contributed by atoms with E-state index >= 15 is 0 Å². The fourth-order valence-corrected chi connectivity index (χ4v) is 4.43. The predicted octanol–water partition coefficient (Wildman–Crippen LogP) is 1.77. The Hall–Kier alpha value is -2.30. The van der Waals surface area contributed by atoms with Gasteiger partial charge in [0, 0.05) is 35.9 Å². The molecule has 2 aromatic rings. The van der Waals surface area contributed by atoms with Crippen molar-refractivity contribution in [3.63, 3.8) is 0 Å². The topological polar surface area (TPSA) is 131 Å². The number of amides is 2. The zero-order valence-electron chi connectivity index (χ0n) is 15.4. The molecule has 0 bridgehead atoms. The predicted molar refractivity (Wildman–Crippen MR) is 106 cm³/mol. The van der Waals surface area contributed by atoms with Gasteiger partial charge in [-0.1, -0.05) is 12.1 Å². The lowest BCUT2D eigenvalue weighted by Crippen LogP contribution is -2.39. The third-order valence-corrected chi connectivity index (χ3v) is 6.52. The average molecular weight is 423 g/mol. The minimum atomic E-state index is -3.70. The third-order valence-electron chi connectivity index (χ3n) is 4.68. The number of benzene rings is 1. The van der Waals surface area contributed by atoms with Gasteiger partial charge in [0.1, 0.15) is 0 Å². The molecule has 1 saturated heterocycles. The van der Waals surface area contributed by atoms with Crippen molar-refractivity contribution in [1.82, 2.24) is 10.3 Å². The number of carbonyl (C=O) groups is 2. The maximum absolute atomic E-state index is 12.2. The van der Waals surface area contributed by atoms with Gasteiger partial charge in [0.25, 0.3) is 0 Å². The van der Waals surface area contributed by atoms with E-state index in [0.717, 1.165) is 16.9 Å². The van der Waals surface area contributed by atoms with Gasteiger partial charge in [-0.3, -0.25) is 9.59 Å². The van der Waals surface area contributed by atoms with Crippen LogP contribution in [-0.4, -0.2) is 30.8 Å². The minimum Gasteiger partial charge on any atom is -0.351 e. The van der Waals surface area contributed by atoms with Gasteiger partial charge in [-0.25, -0.2) is 18.5 Å². The highest BCUT2D eigenvalue weighted by molar-refractivity contribution is 7.89. The van der Waals surface area contributed by atoms with Gasteiger partial charge in [-0.2, -0.15) is 0 Å². The normalized spacial score (nSPS) is 19.4. The van der Waals surface area contributed by atoms with Crippen LogP contribution < -0.4 is 15.8 Å². The van der Waals surface area contributed by atoms with Crippen LogP contribution in [0.5, 0.6) is 0 Å². The highest BCUT2D eigenvalue weighted by atomic mass is 32.2. The number of carbonyl (C=O) groups excluding carboxylic acids is 2. The van der Waals surface area contributed by atoms with Crippen LogP contribution in [0, 0.1) is 0 Å². The van der Waals surface area contributed by atoms with Crippen LogP contribution >= 0.6 is 11.3 Å². The molecule has 0 spiro atoms. The van der Waals surface area contributed by atoms with Gasteiger partial charge >= 0.3 is 0 Å². The molecule has 1 atom stereocenters. The standard InChI is InChI=1S/C18H22N4O4S2/c1-18(9-7-16(24)22-18)8-6-15(23)21-17-20-11-13(27-17)10-12-2-4-14(5-3-12)28(19,25)26/h2-5,11H,6-10H2,1H3,(H,22,24)(H2,19,25,26)(H,20,21,23). The first-order valence-electron chi connectivity index (χ1n) is 8.80. The quantitative estimate of drug-likeness (QED) is 0.626. The molecule has 1 aromatic heterocycles. The average Bonchev–Trinajstić information content (AvgIpc) is 3.19. The molecule has 1 aliphatic rings. The minimum absolute atomic E-state index is 0.0320. The molecule has 8 nitrogen and oxygen atoms in total. The Morgan fingerprint density at radius 3 is 2.68 bits per heavy atom. The molecule has 28 heavy (non-hydrogen) atoms. The Morgan fingerprint density at radius 1 is 1.36 bits per heavy atom.